The van der Waals surface area contributed by atoms with Crippen molar-refractivity contribution in [2.75, 3.05) is 25.1 Å². The Bertz CT molecular complexity index is 943. The number of carbonyl (C=O) groups excluding carboxylic acids is 1. The number of amides is 1. The molecule has 0 aromatic heterocycles. The highest BCUT2D eigenvalue weighted by Gasteiger charge is 2.55. The second kappa shape index (κ2) is 10.2. The summed E-state index contributed by atoms with van der Waals surface area (Å²) in [6, 6.07) is 4.51. The van der Waals surface area contributed by atoms with Gasteiger partial charge in [-0.3, -0.25) is 9.69 Å². The zero-order valence-corrected chi connectivity index (χ0v) is 23.4. The molecule has 3 aliphatic heterocycles. The van der Waals surface area contributed by atoms with Gasteiger partial charge in [0, 0.05) is 42.7 Å². The summed E-state index contributed by atoms with van der Waals surface area (Å²) in [5.74, 6) is 0.602. The number of fused-ring (bicyclic) bond motifs is 2. The van der Waals surface area contributed by atoms with Gasteiger partial charge in [-0.2, -0.15) is 11.8 Å². The fourth-order valence-corrected chi connectivity index (χ4v) is 9.27. The highest BCUT2D eigenvalue weighted by atomic mass is 32.2. The number of piperidine rings is 1. The summed E-state index contributed by atoms with van der Waals surface area (Å²) in [6.45, 7) is 7.73. The first kappa shape index (κ1) is 26.5. The Balaban J connectivity index is 1.41. The van der Waals surface area contributed by atoms with E-state index in [0.717, 1.165) is 37.7 Å². The molecule has 36 heavy (non-hydrogen) atoms. The molecule has 4 atom stereocenters. The Morgan fingerprint density at radius 2 is 1.69 bits per heavy atom. The average molecular weight is 519 g/mol. The number of nitrogens with zero attached hydrogens (tertiary/aromatic N) is 2. The minimum absolute atomic E-state index is 0.112. The van der Waals surface area contributed by atoms with Crippen molar-refractivity contribution >= 4 is 17.7 Å². The molecule has 1 aliphatic carbocycles. The minimum Gasteiger partial charge on any atom is -0.336 e. The van der Waals surface area contributed by atoms with Crippen LogP contribution < -0.4 is 0 Å². The summed E-state index contributed by atoms with van der Waals surface area (Å²) in [4.78, 5) is 18.9. The normalized spacial score (nSPS) is 33.9. The number of hydrogen-bond donors (Lipinski definition) is 0. The summed E-state index contributed by atoms with van der Waals surface area (Å²) >= 11 is 1.99. The van der Waals surface area contributed by atoms with E-state index >= 15 is 0 Å². The lowest BCUT2D eigenvalue weighted by molar-refractivity contribution is -0.143. The lowest BCUT2D eigenvalue weighted by Gasteiger charge is -2.52. The van der Waals surface area contributed by atoms with Crippen LogP contribution in [-0.4, -0.2) is 58.4 Å². The monoisotopic (exact) mass is 518 g/mol. The average Bonchev–Trinajstić information content (AvgIpc) is 3.39. The number of rotatable bonds is 5. The van der Waals surface area contributed by atoms with Crippen molar-refractivity contribution in [2.45, 2.75) is 102 Å². The van der Waals surface area contributed by atoms with Crippen LogP contribution in [0.5, 0.6) is 0 Å². The fraction of sp³-hybridized carbons (Fsp3) is 0.767. The van der Waals surface area contributed by atoms with Gasteiger partial charge in [0.2, 0.25) is 5.91 Å². The van der Waals surface area contributed by atoms with Crippen LogP contribution in [0.25, 0.3) is 0 Å². The lowest BCUT2D eigenvalue weighted by Crippen LogP contribution is -2.55. The molecule has 0 radical (unpaired) electrons. The topological polar surface area (TPSA) is 23.6 Å². The van der Waals surface area contributed by atoms with Gasteiger partial charge in [-0.25, -0.2) is 8.78 Å². The molecule has 5 rings (SSSR count). The Kier molecular flexibility index (Phi) is 7.50. The molecule has 2 unspecified atom stereocenters. The fourth-order valence-electron chi connectivity index (χ4n) is 8.23. The lowest BCUT2D eigenvalue weighted by atomic mass is 9.63. The molecule has 3 nitrogen and oxygen atoms in total. The number of thioether (sulfide) groups is 1. The van der Waals surface area contributed by atoms with E-state index in [4.69, 9.17) is 0 Å². The standard InChI is InChI=1S/C30H44F2N2OS/c1-29(2,3)33-17-25(24-13-10-21(31)14-27(24)32)26(18-33)28(35)34-22-11-12-23(34)16-30(15-22,19-36-4)20-8-6-5-7-9-20/h10,13-14,20,22-23,25-26H,5-9,11-12,15-19H2,1-4H3/t22?,23?,25-,26-,30?/m0/s1. The van der Waals surface area contributed by atoms with Crippen molar-refractivity contribution < 1.29 is 13.6 Å². The van der Waals surface area contributed by atoms with E-state index in [-0.39, 0.29) is 23.3 Å². The number of carbonyl (C=O) groups is 1. The van der Waals surface area contributed by atoms with E-state index < -0.39 is 11.6 Å². The molecule has 4 fully saturated rings. The van der Waals surface area contributed by atoms with Crippen LogP contribution in [0.2, 0.25) is 0 Å². The largest absolute Gasteiger partial charge is 0.336 e. The Labute approximate surface area is 220 Å². The van der Waals surface area contributed by atoms with Gasteiger partial charge in [0.05, 0.1) is 5.92 Å². The summed E-state index contributed by atoms with van der Waals surface area (Å²) in [6.07, 6.45) is 13.5. The molecule has 4 aliphatic rings. The van der Waals surface area contributed by atoms with Gasteiger partial charge in [0.15, 0.2) is 0 Å². The maximum Gasteiger partial charge on any atom is 0.228 e. The number of halogens is 2. The predicted octanol–water partition coefficient (Wildman–Crippen LogP) is 6.86. The molecule has 200 valence electrons. The van der Waals surface area contributed by atoms with Gasteiger partial charge in [0.1, 0.15) is 11.6 Å². The van der Waals surface area contributed by atoms with Gasteiger partial charge in [-0.1, -0.05) is 25.3 Å². The molecule has 1 aromatic rings. The third-order valence-corrected chi connectivity index (χ3v) is 10.9. The van der Waals surface area contributed by atoms with Crippen LogP contribution in [0.4, 0.5) is 8.78 Å². The van der Waals surface area contributed by atoms with Gasteiger partial charge < -0.3 is 4.90 Å². The molecule has 1 amide bonds. The first-order valence-corrected chi connectivity index (χ1v) is 15.5. The highest BCUT2D eigenvalue weighted by Crippen LogP contribution is 2.55. The molecule has 1 aromatic carbocycles. The molecule has 0 spiro atoms. The third-order valence-electron chi connectivity index (χ3n) is 10.0. The summed E-state index contributed by atoms with van der Waals surface area (Å²) < 4.78 is 28.7. The van der Waals surface area contributed by atoms with Crippen LogP contribution >= 0.6 is 11.8 Å². The highest BCUT2D eigenvalue weighted by molar-refractivity contribution is 7.98. The second-order valence-electron chi connectivity index (χ2n) is 13.1. The minimum atomic E-state index is -0.563. The second-order valence-corrected chi connectivity index (χ2v) is 14.0. The maximum absolute atomic E-state index is 15.0. The van der Waals surface area contributed by atoms with Crippen molar-refractivity contribution in [1.82, 2.24) is 9.80 Å². The SMILES string of the molecule is CSCC1(C2CCCCC2)CC2CCC(C1)N2C(=O)[C@H]1CN(C(C)(C)C)C[C@H]1c1ccc(F)cc1F. The van der Waals surface area contributed by atoms with E-state index in [1.165, 1.54) is 43.9 Å². The van der Waals surface area contributed by atoms with E-state index in [0.29, 0.717) is 36.2 Å². The van der Waals surface area contributed by atoms with Gasteiger partial charge in [-0.05, 0) is 94.3 Å². The van der Waals surface area contributed by atoms with Crippen LogP contribution in [0.3, 0.4) is 0 Å². The summed E-state index contributed by atoms with van der Waals surface area (Å²) in [5, 5.41) is 0. The van der Waals surface area contributed by atoms with Crippen molar-refractivity contribution in [1.29, 1.82) is 0 Å². The van der Waals surface area contributed by atoms with Crippen molar-refractivity contribution in [3.8, 4) is 0 Å². The van der Waals surface area contributed by atoms with Gasteiger partial charge in [0.25, 0.3) is 0 Å². The van der Waals surface area contributed by atoms with E-state index in [1.807, 2.05) is 11.8 Å². The number of hydrogen-bond acceptors (Lipinski definition) is 3. The predicted molar refractivity (Wildman–Crippen MR) is 144 cm³/mol. The maximum atomic E-state index is 15.0. The van der Waals surface area contributed by atoms with Crippen LogP contribution in [0, 0.1) is 28.9 Å². The van der Waals surface area contributed by atoms with E-state index in [9.17, 15) is 13.6 Å². The van der Waals surface area contributed by atoms with Crippen LogP contribution in [-0.2, 0) is 4.79 Å². The molecule has 2 bridgehead atoms. The van der Waals surface area contributed by atoms with E-state index in [2.05, 4.69) is 36.8 Å². The number of likely N-dealkylation sites (tertiary alicyclic amines) is 1. The van der Waals surface area contributed by atoms with Crippen LogP contribution in [0.15, 0.2) is 18.2 Å². The molecule has 0 N–H and O–H groups in total. The molecular weight excluding hydrogens is 474 g/mol. The van der Waals surface area contributed by atoms with E-state index in [1.54, 1.807) is 6.07 Å². The molecule has 1 saturated carbocycles. The smallest absolute Gasteiger partial charge is 0.228 e. The quantitative estimate of drug-likeness (QED) is 0.425. The Morgan fingerprint density at radius 3 is 2.28 bits per heavy atom. The number of benzene rings is 1. The molecule has 3 heterocycles. The first-order chi connectivity index (χ1) is 17.1. The summed E-state index contributed by atoms with van der Waals surface area (Å²) in [7, 11) is 0. The Hall–Kier alpha value is -1.14. The van der Waals surface area contributed by atoms with Crippen molar-refractivity contribution in [3.05, 3.63) is 35.4 Å². The van der Waals surface area contributed by atoms with Crippen molar-refractivity contribution in [3.63, 3.8) is 0 Å². The van der Waals surface area contributed by atoms with Crippen molar-refractivity contribution in [2.24, 2.45) is 17.3 Å². The first-order valence-electron chi connectivity index (χ1n) is 14.1. The zero-order chi connectivity index (χ0) is 25.7. The molecule has 3 saturated heterocycles. The Morgan fingerprint density at radius 1 is 1.03 bits per heavy atom. The molecule has 6 heteroatoms. The molecular formula is C30H44F2N2OS. The zero-order valence-electron chi connectivity index (χ0n) is 22.6. The van der Waals surface area contributed by atoms with Gasteiger partial charge in [-0.15, -0.1) is 0 Å². The third kappa shape index (κ3) is 4.86. The van der Waals surface area contributed by atoms with Gasteiger partial charge >= 0.3 is 0 Å². The summed E-state index contributed by atoms with van der Waals surface area (Å²) in [5.41, 5.74) is 0.738. The van der Waals surface area contributed by atoms with Crippen LogP contribution in [0.1, 0.15) is 90.0 Å².